The summed E-state index contributed by atoms with van der Waals surface area (Å²) in [5, 5.41) is 8.41. The van der Waals surface area contributed by atoms with E-state index in [0.717, 1.165) is 0 Å². The third kappa shape index (κ3) is 4.78. The molecule has 1 aromatic carbocycles. The van der Waals surface area contributed by atoms with E-state index < -0.39 is 0 Å². The first-order valence-corrected chi connectivity index (χ1v) is 9.63. The van der Waals surface area contributed by atoms with E-state index in [1.807, 2.05) is 6.07 Å². The summed E-state index contributed by atoms with van der Waals surface area (Å²) < 4.78 is 3.23. The Bertz CT molecular complexity index is 1030. The number of para-hydroxylation sites is 1. The predicted molar refractivity (Wildman–Crippen MR) is 107 cm³/mol. The Kier molecular flexibility index (Phi) is 6.31. The molecule has 140 valence electrons. The van der Waals surface area contributed by atoms with Gasteiger partial charge in [-0.2, -0.15) is 5.10 Å². The molecule has 0 aliphatic rings. The number of aromatic nitrogens is 4. The summed E-state index contributed by atoms with van der Waals surface area (Å²) in [7, 11) is 0. The van der Waals surface area contributed by atoms with Gasteiger partial charge in [-0.25, -0.2) is 4.98 Å². The highest BCUT2D eigenvalue weighted by molar-refractivity contribution is 7.99. The Morgan fingerprint density at radius 2 is 2.15 bits per heavy atom. The minimum absolute atomic E-state index is 0.146. The van der Waals surface area contributed by atoms with Crippen LogP contribution in [0.3, 0.4) is 0 Å². The minimum Gasteiger partial charge on any atom is -0.352 e. The number of nitrogens with one attached hydrogen (secondary N) is 1. The standard InChI is InChI=1S/C18H18ClN5O2S/c1-2-7-20-16(25)12-27-18-22-15-6-4-3-5-14(15)17(26)24(18)9-8-23-11-13(19)10-21-23/h2-6,10-11H,1,7-9,12H2,(H,20,25). The molecule has 2 aromatic heterocycles. The van der Waals surface area contributed by atoms with E-state index in [2.05, 4.69) is 22.0 Å². The molecule has 7 nitrogen and oxygen atoms in total. The molecule has 9 heteroatoms. The highest BCUT2D eigenvalue weighted by atomic mass is 35.5. The number of benzene rings is 1. The monoisotopic (exact) mass is 403 g/mol. The quantitative estimate of drug-likeness (QED) is 0.354. The van der Waals surface area contributed by atoms with Crippen molar-refractivity contribution in [1.82, 2.24) is 24.6 Å². The lowest BCUT2D eigenvalue weighted by molar-refractivity contribution is -0.118. The topological polar surface area (TPSA) is 81.8 Å². The molecule has 0 aliphatic carbocycles. The number of carbonyl (C=O) groups is 1. The van der Waals surface area contributed by atoms with Crippen LogP contribution >= 0.6 is 23.4 Å². The van der Waals surface area contributed by atoms with E-state index in [1.165, 1.54) is 11.8 Å². The van der Waals surface area contributed by atoms with Crippen molar-refractivity contribution in [2.45, 2.75) is 18.2 Å². The summed E-state index contributed by atoms with van der Waals surface area (Å²) in [6.45, 7) is 4.80. The Hall–Kier alpha value is -2.58. The fourth-order valence-corrected chi connectivity index (χ4v) is 3.50. The Labute approximate surface area is 165 Å². The summed E-state index contributed by atoms with van der Waals surface area (Å²) in [4.78, 5) is 29.4. The SMILES string of the molecule is C=CCNC(=O)CSc1nc2ccccc2c(=O)n1CCn1cc(Cl)cn1. The second-order valence-corrected chi connectivity index (χ2v) is 7.05. The molecule has 0 radical (unpaired) electrons. The van der Waals surface area contributed by atoms with Crippen LogP contribution in [0.5, 0.6) is 0 Å². The lowest BCUT2D eigenvalue weighted by Crippen LogP contribution is -2.28. The van der Waals surface area contributed by atoms with Crippen molar-refractivity contribution in [3.05, 3.63) is 64.7 Å². The van der Waals surface area contributed by atoms with E-state index >= 15 is 0 Å². The fraction of sp³-hybridized carbons (Fsp3) is 0.222. The van der Waals surface area contributed by atoms with Gasteiger partial charge in [0.2, 0.25) is 5.91 Å². The third-order valence-electron chi connectivity index (χ3n) is 3.76. The maximum atomic E-state index is 12.9. The van der Waals surface area contributed by atoms with Crippen LogP contribution in [0.2, 0.25) is 5.02 Å². The van der Waals surface area contributed by atoms with E-state index in [-0.39, 0.29) is 17.2 Å². The molecule has 1 N–H and O–H groups in total. The average Bonchev–Trinajstić information content (AvgIpc) is 3.09. The molecule has 27 heavy (non-hydrogen) atoms. The molecule has 0 saturated carbocycles. The zero-order valence-corrected chi connectivity index (χ0v) is 16.0. The molecule has 0 aliphatic heterocycles. The zero-order valence-electron chi connectivity index (χ0n) is 14.5. The highest BCUT2D eigenvalue weighted by Crippen LogP contribution is 2.18. The van der Waals surface area contributed by atoms with Gasteiger partial charge in [0, 0.05) is 19.3 Å². The molecule has 0 saturated heterocycles. The van der Waals surface area contributed by atoms with Crippen molar-refractivity contribution >= 4 is 40.2 Å². The molecular formula is C18H18ClN5O2S. The van der Waals surface area contributed by atoms with E-state index in [1.54, 1.807) is 45.9 Å². The fourth-order valence-electron chi connectivity index (χ4n) is 2.49. The zero-order chi connectivity index (χ0) is 19.2. The van der Waals surface area contributed by atoms with Gasteiger partial charge in [-0.1, -0.05) is 41.6 Å². The molecule has 2 heterocycles. The Morgan fingerprint density at radius 1 is 1.33 bits per heavy atom. The van der Waals surface area contributed by atoms with Gasteiger partial charge in [-0.05, 0) is 12.1 Å². The van der Waals surface area contributed by atoms with Crippen LogP contribution in [0.25, 0.3) is 10.9 Å². The Balaban J connectivity index is 1.88. The first-order valence-electron chi connectivity index (χ1n) is 8.26. The smallest absolute Gasteiger partial charge is 0.262 e. The van der Waals surface area contributed by atoms with Gasteiger partial charge >= 0.3 is 0 Å². The van der Waals surface area contributed by atoms with Crippen molar-refractivity contribution in [3.8, 4) is 0 Å². The van der Waals surface area contributed by atoms with E-state index in [0.29, 0.717) is 40.7 Å². The summed E-state index contributed by atoms with van der Waals surface area (Å²) in [5.41, 5.74) is 0.461. The molecule has 0 atom stereocenters. The molecule has 0 spiro atoms. The number of aryl methyl sites for hydroxylation is 1. The minimum atomic E-state index is -0.146. The normalized spacial score (nSPS) is 10.9. The average molecular weight is 404 g/mol. The molecule has 0 bridgehead atoms. The summed E-state index contributed by atoms with van der Waals surface area (Å²) >= 11 is 7.11. The van der Waals surface area contributed by atoms with E-state index in [4.69, 9.17) is 11.6 Å². The van der Waals surface area contributed by atoms with Gasteiger partial charge in [0.1, 0.15) is 0 Å². The molecule has 3 rings (SSSR count). The van der Waals surface area contributed by atoms with Crippen molar-refractivity contribution < 1.29 is 4.79 Å². The second kappa shape index (κ2) is 8.88. The van der Waals surface area contributed by atoms with Gasteiger partial charge in [-0.15, -0.1) is 6.58 Å². The van der Waals surface area contributed by atoms with Gasteiger partial charge < -0.3 is 5.32 Å². The number of halogens is 1. The number of carbonyl (C=O) groups excluding carboxylic acids is 1. The number of amides is 1. The number of nitrogens with zero attached hydrogens (tertiary/aromatic N) is 4. The Morgan fingerprint density at radius 3 is 2.89 bits per heavy atom. The van der Waals surface area contributed by atoms with Crippen LogP contribution < -0.4 is 10.9 Å². The van der Waals surface area contributed by atoms with Crippen LogP contribution in [0.15, 0.2) is 59.3 Å². The van der Waals surface area contributed by atoms with E-state index in [9.17, 15) is 9.59 Å². The summed E-state index contributed by atoms with van der Waals surface area (Å²) in [6.07, 6.45) is 4.85. The molecule has 0 unspecified atom stereocenters. The van der Waals surface area contributed by atoms with Crippen LogP contribution in [0.4, 0.5) is 0 Å². The van der Waals surface area contributed by atoms with Crippen molar-refractivity contribution in [2.75, 3.05) is 12.3 Å². The van der Waals surface area contributed by atoms with Crippen LogP contribution in [0.1, 0.15) is 0 Å². The summed E-state index contributed by atoms with van der Waals surface area (Å²) in [6, 6.07) is 7.17. The molecular weight excluding hydrogens is 386 g/mol. The number of fused-ring (bicyclic) bond motifs is 1. The summed E-state index contributed by atoms with van der Waals surface area (Å²) in [5.74, 6) is 0.0133. The number of rotatable bonds is 8. The lowest BCUT2D eigenvalue weighted by atomic mass is 10.2. The van der Waals surface area contributed by atoms with Gasteiger partial charge in [0.25, 0.3) is 5.56 Å². The van der Waals surface area contributed by atoms with Crippen molar-refractivity contribution in [2.24, 2.45) is 0 Å². The number of hydrogen-bond donors (Lipinski definition) is 1. The maximum Gasteiger partial charge on any atom is 0.262 e. The largest absolute Gasteiger partial charge is 0.352 e. The third-order valence-corrected chi connectivity index (χ3v) is 4.93. The van der Waals surface area contributed by atoms with Crippen LogP contribution in [-0.4, -0.2) is 37.5 Å². The van der Waals surface area contributed by atoms with Crippen LogP contribution in [0, 0.1) is 0 Å². The predicted octanol–water partition coefficient (Wildman–Crippen LogP) is 2.34. The second-order valence-electron chi connectivity index (χ2n) is 5.67. The maximum absolute atomic E-state index is 12.9. The number of thioether (sulfide) groups is 1. The molecule has 0 fully saturated rings. The highest BCUT2D eigenvalue weighted by Gasteiger charge is 2.13. The van der Waals surface area contributed by atoms with Crippen molar-refractivity contribution in [1.29, 1.82) is 0 Å². The number of hydrogen-bond acceptors (Lipinski definition) is 5. The van der Waals surface area contributed by atoms with Crippen LogP contribution in [-0.2, 0) is 17.9 Å². The lowest BCUT2D eigenvalue weighted by Gasteiger charge is -2.13. The molecule has 1 amide bonds. The first-order chi connectivity index (χ1) is 13.1. The van der Waals surface area contributed by atoms with Gasteiger partial charge in [0.05, 0.1) is 34.4 Å². The molecule has 3 aromatic rings. The first kappa shape index (κ1) is 19.2. The van der Waals surface area contributed by atoms with Crippen molar-refractivity contribution in [3.63, 3.8) is 0 Å². The van der Waals surface area contributed by atoms with Gasteiger partial charge in [0.15, 0.2) is 5.16 Å². The van der Waals surface area contributed by atoms with Gasteiger partial charge in [-0.3, -0.25) is 18.8 Å².